The summed E-state index contributed by atoms with van der Waals surface area (Å²) in [5.74, 6) is -1.27. The van der Waals surface area contributed by atoms with Crippen LogP contribution in [0.25, 0.3) is 0 Å². The first kappa shape index (κ1) is 32.1. The second-order valence-electron chi connectivity index (χ2n) is 10.4. The van der Waals surface area contributed by atoms with Crippen LogP contribution in [0.2, 0.25) is 0 Å². The minimum absolute atomic E-state index is 0.138. The molecular formula is C28H45N3O6. The predicted octanol–water partition coefficient (Wildman–Crippen LogP) is 3.28. The van der Waals surface area contributed by atoms with Gasteiger partial charge in [0.05, 0.1) is 6.04 Å². The standard InChI is InChI=1S/C28H45N3O6/c1-6-20(2)25(31-24(34)15-11-8-12-18-29-27(36)37-28(3,4)5)26(35)30-22(23(33)19-32)17-16-21-13-9-7-10-14-21/h7,9-10,13-14,20,22,25,32H,6,8,11-12,15-19H2,1-5H3,(H,29,36)(H,30,35)(H,31,34). The highest BCUT2D eigenvalue weighted by atomic mass is 16.6. The lowest BCUT2D eigenvalue weighted by Gasteiger charge is -2.26. The topological polar surface area (TPSA) is 134 Å². The van der Waals surface area contributed by atoms with Gasteiger partial charge in [0.15, 0.2) is 5.78 Å². The molecule has 0 aromatic heterocycles. The molecule has 0 radical (unpaired) electrons. The number of aryl methyl sites for hydroxylation is 1. The van der Waals surface area contributed by atoms with E-state index in [0.717, 1.165) is 12.0 Å². The van der Waals surface area contributed by atoms with Crippen LogP contribution in [0, 0.1) is 5.92 Å². The summed E-state index contributed by atoms with van der Waals surface area (Å²) < 4.78 is 5.18. The van der Waals surface area contributed by atoms with E-state index in [1.54, 1.807) is 20.8 Å². The molecule has 4 N–H and O–H groups in total. The van der Waals surface area contributed by atoms with Crippen LogP contribution in [0.3, 0.4) is 0 Å². The highest BCUT2D eigenvalue weighted by Crippen LogP contribution is 2.12. The molecule has 0 saturated carbocycles. The fourth-order valence-corrected chi connectivity index (χ4v) is 3.68. The van der Waals surface area contributed by atoms with E-state index < -0.39 is 42.1 Å². The Hall–Kier alpha value is -2.94. The summed E-state index contributed by atoms with van der Waals surface area (Å²) in [7, 11) is 0. The van der Waals surface area contributed by atoms with Crippen LogP contribution in [0.5, 0.6) is 0 Å². The van der Waals surface area contributed by atoms with Crippen molar-refractivity contribution in [1.82, 2.24) is 16.0 Å². The lowest BCUT2D eigenvalue weighted by atomic mass is 9.96. The molecule has 3 amide bonds. The third-order valence-corrected chi connectivity index (χ3v) is 5.99. The number of aliphatic hydroxyl groups is 1. The molecular weight excluding hydrogens is 474 g/mol. The summed E-state index contributed by atoms with van der Waals surface area (Å²) in [6.45, 7) is 9.00. The summed E-state index contributed by atoms with van der Waals surface area (Å²) in [4.78, 5) is 49.6. The first-order valence-corrected chi connectivity index (χ1v) is 13.2. The first-order chi connectivity index (χ1) is 17.5. The Balaban J connectivity index is 2.55. The Morgan fingerprint density at radius 1 is 1.00 bits per heavy atom. The Morgan fingerprint density at radius 2 is 1.68 bits per heavy atom. The second-order valence-corrected chi connectivity index (χ2v) is 10.4. The molecule has 3 atom stereocenters. The van der Waals surface area contributed by atoms with Crippen molar-refractivity contribution in [2.45, 2.75) is 97.2 Å². The monoisotopic (exact) mass is 519 g/mol. The van der Waals surface area contributed by atoms with Crippen LogP contribution in [0.15, 0.2) is 30.3 Å². The molecule has 3 unspecified atom stereocenters. The van der Waals surface area contributed by atoms with Gasteiger partial charge in [0.25, 0.3) is 0 Å². The molecule has 9 nitrogen and oxygen atoms in total. The van der Waals surface area contributed by atoms with Crippen molar-refractivity contribution in [2.24, 2.45) is 5.92 Å². The van der Waals surface area contributed by atoms with Gasteiger partial charge >= 0.3 is 6.09 Å². The number of alkyl carbamates (subject to hydrolysis) is 1. The van der Waals surface area contributed by atoms with Crippen molar-refractivity contribution in [3.8, 4) is 0 Å². The van der Waals surface area contributed by atoms with Crippen molar-refractivity contribution >= 4 is 23.7 Å². The predicted molar refractivity (Wildman–Crippen MR) is 143 cm³/mol. The van der Waals surface area contributed by atoms with Gasteiger partial charge in [-0.3, -0.25) is 14.4 Å². The van der Waals surface area contributed by atoms with Crippen LogP contribution >= 0.6 is 0 Å². The van der Waals surface area contributed by atoms with Crippen molar-refractivity contribution in [1.29, 1.82) is 0 Å². The summed E-state index contributed by atoms with van der Waals surface area (Å²) in [6, 6.07) is 7.99. The summed E-state index contributed by atoms with van der Waals surface area (Å²) in [5, 5.41) is 17.7. The fourth-order valence-electron chi connectivity index (χ4n) is 3.68. The maximum atomic E-state index is 13.1. The molecule has 0 aliphatic heterocycles. The van der Waals surface area contributed by atoms with Gasteiger partial charge in [0.1, 0.15) is 18.2 Å². The Labute approximate surface area is 221 Å². The van der Waals surface area contributed by atoms with E-state index >= 15 is 0 Å². The average Bonchev–Trinajstić information content (AvgIpc) is 2.85. The van der Waals surface area contributed by atoms with Gasteiger partial charge in [-0.2, -0.15) is 0 Å². The van der Waals surface area contributed by atoms with E-state index in [1.807, 2.05) is 44.2 Å². The van der Waals surface area contributed by atoms with Crippen molar-refractivity contribution < 1.29 is 29.0 Å². The van der Waals surface area contributed by atoms with Crippen LogP contribution in [0.1, 0.15) is 78.7 Å². The van der Waals surface area contributed by atoms with Crippen LogP contribution < -0.4 is 16.0 Å². The van der Waals surface area contributed by atoms with Crippen LogP contribution in [-0.4, -0.2) is 59.6 Å². The summed E-state index contributed by atoms with van der Waals surface area (Å²) >= 11 is 0. The molecule has 0 spiro atoms. The van der Waals surface area contributed by atoms with E-state index in [-0.39, 0.29) is 18.2 Å². The number of benzene rings is 1. The van der Waals surface area contributed by atoms with Gasteiger partial charge in [0.2, 0.25) is 11.8 Å². The molecule has 0 fully saturated rings. The number of hydrogen-bond acceptors (Lipinski definition) is 6. The van der Waals surface area contributed by atoms with E-state index in [0.29, 0.717) is 38.6 Å². The van der Waals surface area contributed by atoms with E-state index in [9.17, 15) is 24.3 Å². The van der Waals surface area contributed by atoms with E-state index in [4.69, 9.17) is 4.74 Å². The summed E-state index contributed by atoms with van der Waals surface area (Å²) in [6.07, 6.45) is 3.42. The molecule has 0 aliphatic carbocycles. The number of carbonyl (C=O) groups is 4. The maximum Gasteiger partial charge on any atom is 0.407 e. The van der Waals surface area contributed by atoms with Gasteiger partial charge in [-0.1, -0.05) is 57.0 Å². The van der Waals surface area contributed by atoms with Gasteiger partial charge in [0, 0.05) is 13.0 Å². The summed E-state index contributed by atoms with van der Waals surface area (Å²) in [5.41, 5.74) is 0.481. The Bertz CT molecular complexity index is 853. The number of aliphatic hydroxyl groups excluding tert-OH is 1. The van der Waals surface area contributed by atoms with Gasteiger partial charge < -0.3 is 25.8 Å². The Kier molecular flexibility index (Phi) is 14.5. The van der Waals surface area contributed by atoms with Crippen molar-refractivity contribution in [2.75, 3.05) is 13.2 Å². The zero-order chi connectivity index (χ0) is 27.8. The molecule has 208 valence electrons. The SMILES string of the molecule is CCC(C)C(NC(=O)CCCCCNC(=O)OC(C)(C)C)C(=O)NC(CCc1ccccc1)C(=O)CO. The van der Waals surface area contributed by atoms with Gasteiger partial charge in [-0.25, -0.2) is 4.79 Å². The molecule has 1 aromatic rings. The Morgan fingerprint density at radius 3 is 2.27 bits per heavy atom. The number of hydrogen-bond donors (Lipinski definition) is 4. The smallest absolute Gasteiger partial charge is 0.407 e. The zero-order valence-electron chi connectivity index (χ0n) is 23.0. The highest BCUT2D eigenvalue weighted by Gasteiger charge is 2.29. The number of amides is 3. The van der Waals surface area contributed by atoms with Crippen LogP contribution in [-0.2, 0) is 25.5 Å². The number of unbranched alkanes of at least 4 members (excludes halogenated alkanes) is 2. The lowest BCUT2D eigenvalue weighted by molar-refractivity contribution is -0.133. The number of carbonyl (C=O) groups excluding carboxylic acids is 4. The first-order valence-electron chi connectivity index (χ1n) is 13.2. The van der Waals surface area contributed by atoms with E-state index in [1.165, 1.54) is 0 Å². The third-order valence-electron chi connectivity index (χ3n) is 5.99. The number of ketones is 1. The normalized spacial score (nSPS) is 13.7. The highest BCUT2D eigenvalue weighted by molar-refractivity contribution is 5.93. The van der Waals surface area contributed by atoms with Crippen LogP contribution in [0.4, 0.5) is 4.79 Å². The molecule has 0 bridgehead atoms. The zero-order valence-corrected chi connectivity index (χ0v) is 23.0. The molecule has 0 aliphatic rings. The number of rotatable bonds is 16. The minimum Gasteiger partial charge on any atom is -0.444 e. The maximum absolute atomic E-state index is 13.1. The minimum atomic E-state index is -0.835. The molecule has 1 rings (SSSR count). The number of ether oxygens (including phenoxy) is 1. The van der Waals surface area contributed by atoms with Crippen molar-refractivity contribution in [3.63, 3.8) is 0 Å². The number of Topliss-reactive ketones (excluding diaryl/α,β-unsaturated/α-hetero) is 1. The average molecular weight is 520 g/mol. The molecule has 37 heavy (non-hydrogen) atoms. The van der Waals surface area contributed by atoms with E-state index in [2.05, 4.69) is 16.0 Å². The molecule has 0 saturated heterocycles. The second kappa shape index (κ2) is 16.7. The lowest BCUT2D eigenvalue weighted by Crippen LogP contribution is -2.54. The number of nitrogens with one attached hydrogen (secondary N) is 3. The molecule has 9 heteroatoms. The van der Waals surface area contributed by atoms with Gasteiger partial charge in [-0.15, -0.1) is 0 Å². The quantitative estimate of drug-likeness (QED) is 0.248. The molecule has 0 heterocycles. The van der Waals surface area contributed by atoms with Gasteiger partial charge in [-0.05, 0) is 57.9 Å². The largest absolute Gasteiger partial charge is 0.444 e. The fraction of sp³-hybridized carbons (Fsp3) is 0.643. The molecule has 1 aromatic carbocycles. The third kappa shape index (κ3) is 13.8. The van der Waals surface area contributed by atoms with Crippen molar-refractivity contribution in [3.05, 3.63) is 35.9 Å².